The number of hydrogen-bond acceptors (Lipinski definition) is 3. The van der Waals surface area contributed by atoms with E-state index in [2.05, 4.69) is 0 Å². The van der Waals surface area contributed by atoms with E-state index in [0.717, 1.165) is 6.07 Å². The van der Waals surface area contributed by atoms with Crippen LogP contribution in [0.15, 0.2) is 27.4 Å². The Kier molecular flexibility index (Phi) is 4.08. The average molecular weight is 306 g/mol. The summed E-state index contributed by atoms with van der Waals surface area (Å²) >= 11 is 0. The van der Waals surface area contributed by atoms with Gasteiger partial charge in [0.05, 0.1) is 5.52 Å². The molecule has 0 aliphatic carbocycles. The fourth-order valence-electron chi connectivity index (χ4n) is 2.07. The van der Waals surface area contributed by atoms with Crippen molar-refractivity contribution < 1.29 is 22.0 Å². The Labute approximate surface area is 117 Å². The Morgan fingerprint density at radius 1 is 1.38 bits per heavy atom. The standard InChI is InChI=1S/C13H14F4N2O2/c1-2-5-19-8-4-3-7(6-9(8)21-12(19)20)10(18)13(16,17)11(14)15/h3-4,6,10-11H,2,5,18H2,1H3. The summed E-state index contributed by atoms with van der Waals surface area (Å²) < 4.78 is 57.4. The van der Waals surface area contributed by atoms with Gasteiger partial charge in [0.2, 0.25) is 0 Å². The Balaban J connectivity index is 2.47. The zero-order valence-corrected chi connectivity index (χ0v) is 11.2. The van der Waals surface area contributed by atoms with Crippen molar-refractivity contribution in [2.24, 2.45) is 5.73 Å². The first-order chi connectivity index (χ1) is 9.78. The molecule has 0 radical (unpaired) electrons. The van der Waals surface area contributed by atoms with E-state index in [0.29, 0.717) is 18.5 Å². The first-order valence-corrected chi connectivity index (χ1v) is 6.33. The van der Waals surface area contributed by atoms with Crippen molar-refractivity contribution in [1.29, 1.82) is 0 Å². The van der Waals surface area contributed by atoms with E-state index in [1.807, 2.05) is 6.92 Å². The second-order valence-electron chi connectivity index (χ2n) is 4.70. The summed E-state index contributed by atoms with van der Waals surface area (Å²) in [5, 5.41) is 0. The van der Waals surface area contributed by atoms with Crippen LogP contribution < -0.4 is 11.5 Å². The van der Waals surface area contributed by atoms with Gasteiger partial charge in [-0.3, -0.25) is 4.57 Å². The van der Waals surface area contributed by atoms with Crippen LogP contribution >= 0.6 is 0 Å². The van der Waals surface area contributed by atoms with Crippen LogP contribution in [-0.4, -0.2) is 16.9 Å². The van der Waals surface area contributed by atoms with Crippen LogP contribution in [0, 0.1) is 0 Å². The predicted octanol–water partition coefficient (Wildman–Crippen LogP) is 2.90. The highest BCUT2D eigenvalue weighted by molar-refractivity contribution is 5.74. The number of nitrogens with two attached hydrogens (primary N) is 1. The molecule has 1 aromatic heterocycles. The molecule has 0 aliphatic heterocycles. The fourth-order valence-corrected chi connectivity index (χ4v) is 2.07. The van der Waals surface area contributed by atoms with Crippen LogP contribution in [0.5, 0.6) is 0 Å². The Hall–Kier alpha value is -1.83. The van der Waals surface area contributed by atoms with Crippen LogP contribution in [0.2, 0.25) is 0 Å². The van der Waals surface area contributed by atoms with Crippen LogP contribution in [-0.2, 0) is 6.54 Å². The smallest absolute Gasteiger partial charge is 0.408 e. The molecule has 0 saturated carbocycles. The fraction of sp³-hybridized carbons (Fsp3) is 0.462. The van der Waals surface area contributed by atoms with Gasteiger partial charge in [0.1, 0.15) is 6.04 Å². The molecule has 1 heterocycles. The highest BCUT2D eigenvalue weighted by Crippen LogP contribution is 2.35. The van der Waals surface area contributed by atoms with Crippen molar-refractivity contribution in [1.82, 2.24) is 4.57 Å². The quantitative estimate of drug-likeness (QED) is 0.864. The van der Waals surface area contributed by atoms with E-state index in [1.165, 1.54) is 16.7 Å². The number of hydrogen-bond donors (Lipinski definition) is 1. The van der Waals surface area contributed by atoms with Crippen molar-refractivity contribution >= 4 is 11.1 Å². The van der Waals surface area contributed by atoms with Crippen LogP contribution in [0.4, 0.5) is 17.6 Å². The van der Waals surface area contributed by atoms with Crippen LogP contribution in [0.1, 0.15) is 24.9 Å². The average Bonchev–Trinajstić information content (AvgIpc) is 2.73. The van der Waals surface area contributed by atoms with Gasteiger partial charge in [-0.25, -0.2) is 13.6 Å². The molecule has 2 rings (SSSR count). The number of oxazole rings is 1. The number of rotatable bonds is 5. The predicted molar refractivity (Wildman–Crippen MR) is 68.6 cm³/mol. The molecular formula is C13H14F4N2O2. The van der Waals surface area contributed by atoms with Crippen molar-refractivity contribution in [2.75, 3.05) is 0 Å². The molecule has 4 nitrogen and oxygen atoms in total. The van der Waals surface area contributed by atoms with Crippen molar-refractivity contribution in [2.45, 2.75) is 38.3 Å². The summed E-state index contributed by atoms with van der Waals surface area (Å²) in [6, 6.07) is 1.49. The van der Waals surface area contributed by atoms with Gasteiger partial charge in [0.15, 0.2) is 5.58 Å². The number of benzene rings is 1. The number of halogens is 4. The molecule has 21 heavy (non-hydrogen) atoms. The molecule has 0 spiro atoms. The van der Waals surface area contributed by atoms with Gasteiger partial charge in [-0.1, -0.05) is 13.0 Å². The second kappa shape index (κ2) is 5.51. The molecule has 2 N–H and O–H groups in total. The molecule has 116 valence electrons. The summed E-state index contributed by atoms with van der Waals surface area (Å²) in [5.41, 5.74) is 5.46. The highest BCUT2D eigenvalue weighted by Gasteiger charge is 2.47. The van der Waals surface area contributed by atoms with Gasteiger partial charge >= 0.3 is 18.1 Å². The minimum atomic E-state index is -4.36. The van der Waals surface area contributed by atoms with E-state index in [4.69, 9.17) is 10.2 Å². The SMILES string of the molecule is CCCn1c(=O)oc2cc(C(N)C(F)(F)C(F)F)ccc21. The number of aryl methyl sites for hydroxylation is 1. The molecule has 1 aromatic carbocycles. The zero-order valence-electron chi connectivity index (χ0n) is 11.2. The van der Waals surface area contributed by atoms with Crippen molar-refractivity contribution in [3.63, 3.8) is 0 Å². The van der Waals surface area contributed by atoms with Crippen molar-refractivity contribution in [3.8, 4) is 0 Å². The Morgan fingerprint density at radius 3 is 2.62 bits per heavy atom. The topological polar surface area (TPSA) is 61.2 Å². The van der Waals surface area contributed by atoms with Gasteiger partial charge < -0.3 is 10.2 Å². The summed E-state index contributed by atoms with van der Waals surface area (Å²) in [7, 11) is 0. The molecule has 1 atom stereocenters. The van der Waals surface area contributed by atoms with Gasteiger partial charge in [-0.05, 0) is 24.1 Å². The first-order valence-electron chi connectivity index (χ1n) is 6.33. The van der Waals surface area contributed by atoms with E-state index < -0.39 is 24.1 Å². The van der Waals surface area contributed by atoms with E-state index in [1.54, 1.807) is 0 Å². The lowest BCUT2D eigenvalue weighted by Gasteiger charge is -2.22. The van der Waals surface area contributed by atoms with Gasteiger partial charge in [0, 0.05) is 6.54 Å². The molecule has 8 heteroatoms. The zero-order chi connectivity index (χ0) is 15.8. The summed E-state index contributed by atoms with van der Waals surface area (Å²) in [5.74, 6) is -4.99. The maximum absolute atomic E-state index is 13.3. The number of aromatic nitrogens is 1. The number of alkyl halides is 4. The monoisotopic (exact) mass is 306 g/mol. The van der Waals surface area contributed by atoms with E-state index in [-0.39, 0.29) is 11.1 Å². The van der Waals surface area contributed by atoms with Crippen LogP contribution in [0.25, 0.3) is 11.1 Å². The third-order valence-electron chi connectivity index (χ3n) is 3.20. The van der Waals surface area contributed by atoms with Gasteiger partial charge in [-0.15, -0.1) is 0 Å². The second-order valence-corrected chi connectivity index (χ2v) is 4.70. The molecule has 2 aromatic rings. The molecular weight excluding hydrogens is 292 g/mol. The summed E-state index contributed by atoms with van der Waals surface area (Å²) in [4.78, 5) is 11.6. The lowest BCUT2D eigenvalue weighted by molar-refractivity contribution is -0.144. The molecule has 0 saturated heterocycles. The third kappa shape index (κ3) is 2.67. The molecule has 0 fully saturated rings. The van der Waals surface area contributed by atoms with Crippen molar-refractivity contribution in [3.05, 3.63) is 34.3 Å². The lowest BCUT2D eigenvalue weighted by atomic mass is 10.0. The largest absolute Gasteiger partial charge is 0.419 e. The maximum Gasteiger partial charge on any atom is 0.419 e. The van der Waals surface area contributed by atoms with Gasteiger partial charge in [0.25, 0.3) is 0 Å². The Morgan fingerprint density at radius 2 is 2.05 bits per heavy atom. The van der Waals surface area contributed by atoms with E-state index >= 15 is 0 Å². The molecule has 0 aliphatic rings. The molecule has 0 amide bonds. The van der Waals surface area contributed by atoms with E-state index in [9.17, 15) is 22.4 Å². The normalized spacial score (nSPS) is 14.0. The molecule has 0 bridgehead atoms. The number of fused-ring (bicyclic) bond motifs is 1. The number of nitrogens with zero attached hydrogens (tertiary/aromatic N) is 1. The summed E-state index contributed by atoms with van der Waals surface area (Å²) in [6.45, 7) is 2.27. The maximum atomic E-state index is 13.3. The minimum absolute atomic E-state index is 0.0477. The first kappa shape index (κ1) is 15.6. The van der Waals surface area contributed by atoms with Gasteiger partial charge in [-0.2, -0.15) is 8.78 Å². The highest BCUT2D eigenvalue weighted by atomic mass is 19.3. The summed E-state index contributed by atoms with van der Waals surface area (Å²) in [6.07, 6.45) is -3.20. The lowest BCUT2D eigenvalue weighted by Crippen LogP contribution is -2.39. The molecule has 1 unspecified atom stereocenters. The van der Waals surface area contributed by atoms with Crippen LogP contribution in [0.3, 0.4) is 0 Å². The third-order valence-corrected chi connectivity index (χ3v) is 3.20. The Bertz CT molecular complexity index is 693. The minimum Gasteiger partial charge on any atom is -0.408 e.